The Balaban J connectivity index is 2.98. The lowest BCUT2D eigenvalue weighted by atomic mass is 10.2. The van der Waals surface area contributed by atoms with Crippen LogP contribution in [0.5, 0.6) is 0 Å². The molecule has 0 aliphatic heterocycles. The van der Waals surface area contributed by atoms with Gasteiger partial charge in [0.25, 0.3) is 0 Å². The smallest absolute Gasteiger partial charge is 0.415 e. The first-order valence-corrected chi connectivity index (χ1v) is 6.91. The molecular formula is C15H20ClNO3. The number of Topliss-reactive ketones (excluding diaryl/α,β-unsaturated/α-hetero) is 1. The molecule has 0 aromatic heterocycles. The number of rotatable bonds is 4. The van der Waals surface area contributed by atoms with Gasteiger partial charge in [-0.3, -0.25) is 9.69 Å². The van der Waals surface area contributed by atoms with Crippen molar-refractivity contribution < 1.29 is 14.3 Å². The average molecular weight is 298 g/mol. The van der Waals surface area contributed by atoms with Crippen LogP contribution >= 0.6 is 11.6 Å². The molecule has 0 aliphatic rings. The predicted octanol–water partition coefficient (Wildman–Crippen LogP) is 3.54. The van der Waals surface area contributed by atoms with Crippen LogP contribution in [-0.4, -0.2) is 29.9 Å². The fourth-order valence-electron chi connectivity index (χ4n) is 1.52. The van der Waals surface area contributed by atoms with E-state index in [1.54, 1.807) is 32.9 Å². The number of halogens is 1. The molecule has 0 bridgehead atoms. The molecule has 0 saturated heterocycles. The molecule has 0 N–H and O–H groups in total. The van der Waals surface area contributed by atoms with Gasteiger partial charge < -0.3 is 4.74 Å². The lowest BCUT2D eigenvalue weighted by Crippen LogP contribution is -2.40. The summed E-state index contributed by atoms with van der Waals surface area (Å²) in [5.41, 5.74) is 1.06. The Morgan fingerprint density at radius 2 is 1.75 bits per heavy atom. The Morgan fingerprint density at radius 1 is 1.20 bits per heavy atom. The summed E-state index contributed by atoms with van der Waals surface area (Å²) in [6, 6.07) is 7.30. The maximum atomic E-state index is 12.2. The van der Waals surface area contributed by atoms with Crippen LogP contribution in [0.2, 0.25) is 0 Å². The number of alkyl halides is 1. The molecule has 1 amide bonds. The Bertz CT molecular complexity index is 477. The van der Waals surface area contributed by atoms with Gasteiger partial charge in [-0.25, -0.2) is 4.79 Å². The molecule has 0 aliphatic carbocycles. The molecular weight excluding hydrogens is 278 g/mol. The Labute approximate surface area is 124 Å². The number of amides is 1. The van der Waals surface area contributed by atoms with Gasteiger partial charge in [-0.05, 0) is 39.8 Å². The largest absolute Gasteiger partial charge is 0.443 e. The van der Waals surface area contributed by atoms with E-state index in [1.165, 1.54) is 4.90 Å². The van der Waals surface area contributed by atoms with Crippen molar-refractivity contribution in [3.05, 3.63) is 29.8 Å². The molecule has 0 saturated carbocycles. The maximum absolute atomic E-state index is 12.2. The summed E-state index contributed by atoms with van der Waals surface area (Å²) in [7, 11) is 0. The standard InChI is InChI=1S/C15H20ClNO3/c1-11-5-7-12(8-6-11)17(10-13(18)9-16)14(19)20-15(2,3)4/h5-8H,9-10H2,1-4H3. The van der Waals surface area contributed by atoms with Crippen LogP contribution in [0, 0.1) is 6.92 Å². The van der Waals surface area contributed by atoms with Gasteiger partial charge in [-0.1, -0.05) is 17.7 Å². The predicted molar refractivity (Wildman–Crippen MR) is 80.5 cm³/mol. The van der Waals surface area contributed by atoms with Gasteiger partial charge in [0.15, 0.2) is 5.78 Å². The summed E-state index contributed by atoms with van der Waals surface area (Å²) >= 11 is 5.52. The van der Waals surface area contributed by atoms with Gasteiger partial charge in [0.2, 0.25) is 0 Å². The van der Waals surface area contributed by atoms with Gasteiger partial charge in [-0.2, -0.15) is 0 Å². The van der Waals surface area contributed by atoms with E-state index < -0.39 is 11.7 Å². The molecule has 1 aromatic rings. The third-order valence-corrected chi connectivity index (χ3v) is 2.74. The zero-order valence-corrected chi connectivity index (χ0v) is 13.0. The normalized spacial score (nSPS) is 11.1. The number of carbonyl (C=O) groups excluding carboxylic acids is 2. The fraction of sp³-hybridized carbons (Fsp3) is 0.467. The number of carbonyl (C=O) groups is 2. The SMILES string of the molecule is Cc1ccc(N(CC(=O)CCl)C(=O)OC(C)(C)C)cc1. The summed E-state index contributed by atoms with van der Waals surface area (Å²) in [5.74, 6) is -0.372. The van der Waals surface area contributed by atoms with Gasteiger partial charge in [0.05, 0.1) is 12.4 Å². The van der Waals surface area contributed by atoms with Gasteiger partial charge in [-0.15, -0.1) is 11.6 Å². The van der Waals surface area contributed by atoms with E-state index in [0.717, 1.165) is 5.56 Å². The summed E-state index contributed by atoms with van der Waals surface area (Å²) in [5, 5.41) is 0. The summed E-state index contributed by atoms with van der Waals surface area (Å²) in [6.07, 6.45) is -0.556. The highest BCUT2D eigenvalue weighted by molar-refractivity contribution is 6.28. The number of ether oxygens (including phenoxy) is 1. The number of anilines is 1. The summed E-state index contributed by atoms with van der Waals surface area (Å²) < 4.78 is 5.32. The third-order valence-electron chi connectivity index (χ3n) is 2.44. The van der Waals surface area contributed by atoms with E-state index in [-0.39, 0.29) is 18.2 Å². The number of nitrogens with zero attached hydrogens (tertiary/aromatic N) is 1. The highest BCUT2D eigenvalue weighted by atomic mass is 35.5. The van der Waals surface area contributed by atoms with Crippen LogP contribution in [0.25, 0.3) is 0 Å². The van der Waals surface area contributed by atoms with Crippen molar-refractivity contribution in [2.45, 2.75) is 33.3 Å². The van der Waals surface area contributed by atoms with Crippen molar-refractivity contribution in [2.75, 3.05) is 17.3 Å². The van der Waals surface area contributed by atoms with Crippen LogP contribution in [0.4, 0.5) is 10.5 Å². The molecule has 20 heavy (non-hydrogen) atoms. The lowest BCUT2D eigenvalue weighted by molar-refractivity contribution is -0.115. The Hall–Kier alpha value is -1.55. The number of ketones is 1. The van der Waals surface area contributed by atoms with Crippen molar-refractivity contribution in [3.63, 3.8) is 0 Å². The Kier molecular flexibility index (Phi) is 5.57. The Morgan fingerprint density at radius 3 is 2.20 bits per heavy atom. The first kappa shape index (κ1) is 16.5. The highest BCUT2D eigenvalue weighted by Gasteiger charge is 2.24. The second-order valence-electron chi connectivity index (χ2n) is 5.57. The number of benzene rings is 1. The maximum Gasteiger partial charge on any atom is 0.415 e. The fourth-order valence-corrected chi connectivity index (χ4v) is 1.61. The van der Waals surface area contributed by atoms with Crippen molar-refractivity contribution in [2.24, 2.45) is 0 Å². The average Bonchev–Trinajstić information content (AvgIpc) is 2.34. The van der Waals surface area contributed by atoms with Crippen LogP contribution in [0.1, 0.15) is 26.3 Å². The van der Waals surface area contributed by atoms with Crippen LogP contribution in [0.3, 0.4) is 0 Å². The lowest BCUT2D eigenvalue weighted by Gasteiger charge is -2.27. The van der Waals surface area contributed by atoms with E-state index in [0.29, 0.717) is 5.69 Å². The van der Waals surface area contributed by atoms with Crippen molar-refractivity contribution >= 4 is 29.2 Å². The molecule has 0 fully saturated rings. The van der Waals surface area contributed by atoms with E-state index in [4.69, 9.17) is 16.3 Å². The zero-order valence-electron chi connectivity index (χ0n) is 12.3. The second-order valence-corrected chi connectivity index (χ2v) is 5.84. The molecule has 0 spiro atoms. The van der Waals surface area contributed by atoms with Crippen LogP contribution < -0.4 is 4.90 Å². The first-order valence-electron chi connectivity index (χ1n) is 6.38. The van der Waals surface area contributed by atoms with E-state index in [9.17, 15) is 9.59 Å². The molecule has 0 radical (unpaired) electrons. The monoisotopic (exact) mass is 297 g/mol. The minimum Gasteiger partial charge on any atom is -0.443 e. The van der Waals surface area contributed by atoms with Crippen molar-refractivity contribution in [1.82, 2.24) is 0 Å². The van der Waals surface area contributed by atoms with Gasteiger partial charge >= 0.3 is 6.09 Å². The second kappa shape index (κ2) is 6.75. The molecule has 1 rings (SSSR count). The molecule has 0 unspecified atom stereocenters. The minimum absolute atomic E-state index is 0.0958. The van der Waals surface area contributed by atoms with Crippen LogP contribution in [-0.2, 0) is 9.53 Å². The van der Waals surface area contributed by atoms with Crippen molar-refractivity contribution in [3.8, 4) is 0 Å². The minimum atomic E-state index is -0.621. The van der Waals surface area contributed by atoms with Crippen LogP contribution in [0.15, 0.2) is 24.3 Å². The highest BCUT2D eigenvalue weighted by Crippen LogP contribution is 2.19. The number of hydrogen-bond donors (Lipinski definition) is 0. The molecule has 0 heterocycles. The van der Waals surface area contributed by atoms with Crippen molar-refractivity contribution in [1.29, 1.82) is 0 Å². The van der Waals surface area contributed by atoms with E-state index in [1.807, 2.05) is 19.1 Å². The first-order chi connectivity index (χ1) is 9.23. The summed E-state index contributed by atoms with van der Waals surface area (Å²) in [4.78, 5) is 25.1. The van der Waals surface area contributed by atoms with Gasteiger partial charge in [0, 0.05) is 5.69 Å². The number of aryl methyl sites for hydroxylation is 1. The molecule has 4 nitrogen and oxygen atoms in total. The quantitative estimate of drug-likeness (QED) is 0.799. The third kappa shape index (κ3) is 5.21. The van der Waals surface area contributed by atoms with Gasteiger partial charge in [0.1, 0.15) is 5.60 Å². The molecule has 5 heteroatoms. The van der Waals surface area contributed by atoms with E-state index in [2.05, 4.69) is 0 Å². The molecule has 0 atom stereocenters. The molecule has 110 valence electrons. The zero-order chi connectivity index (χ0) is 15.3. The summed E-state index contributed by atoms with van der Waals surface area (Å²) in [6.45, 7) is 7.19. The van der Waals surface area contributed by atoms with E-state index >= 15 is 0 Å². The number of hydrogen-bond acceptors (Lipinski definition) is 3. The topological polar surface area (TPSA) is 46.6 Å². The molecule has 1 aromatic carbocycles.